The van der Waals surface area contributed by atoms with E-state index in [0.29, 0.717) is 18.8 Å². The van der Waals surface area contributed by atoms with Crippen LogP contribution < -0.4 is 4.57 Å². The summed E-state index contributed by atoms with van der Waals surface area (Å²) in [6, 6.07) is 9.93. The number of esters is 1. The van der Waals surface area contributed by atoms with E-state index in [1.54, 1.807) is 13.0 Å². The fourth-order valence-electron chi connectivity index (χ4n) is 2.56. The number of aromatic nitrogens is 2. The van der Waals surface area contributed by atoms with Crippen molar-refractivity contribution in [3.63, 3.8) is 0 Å². The molecule has 106 valence electrons. The minimum absolute atomic E-state index is 0.313. The number of carbonyl (C=O) groups is 1. The summed E-state index contributed by atoms with van der Waals surface area (Å²) in [4.78, 5) is 15.5. The van der Waals surface area contributed by atoms with Crippen molar-refractivity contribution in [3.8, 4) is 0 Å². The van der Waals surface area contributed by atoms with E-state index in [-0.39, 0.29) is 5.97 Å². The maximum absolute atomic E-state index is 12.2. The Labute approximate surface area is 122 Å². The molecule has 0 fully saturated rings. The van der Waals surface area contributed by atoms with Crippen molar-refractivity contribution in [3.05, 3.63) is 54.9 Å². The van der Waals surface area contributed by atoms with E-state index in [0.717, 1.165) is 21.8 Å². The highest BCUT2D eigenvalue weighted by Crippen LogP contribution is 2.24. The van der Waals surface area contributed by atoms with Crippen molar-refractivity contribution in [2.24, 2.45) is 0 Å². The second-order valence-electron chi connectivity index (χ2n) is 4.82. The molecule has 0 amide bonds. The Morgan fingerprint density at radius 1 is 1.33 bits per heavy atom. The zero-order valence-electron chi connectivity index (χ0n) is 11.9. The SMILES string of the molecule is C=CC[n+]1cc2[nH]c3ccccc3c2cc1C(=O)OCC. The van der Waals surface area contributed by atoms with Gasteiger partial charge in [0.2, 0.25) is 0 Å². The smallest absolute Gasteiger partial charge is 0.403 e. The van der Waals surface area contributed by atoms with Crippen LogP contribution in [-0.4, -0.2) is 17.6 Å². The van der Waals surface area contributed by atoms with Gasteiger partial charge < -0.3 is 9.72 Å². The molecular weight excluding hydrogens is 264 g/mol. The van der Waals surface area contributed by atoms with E-state index in [1.165, 1.54) is 0 Å². The highest BCUT2D eigenvalue weighted by atomic mass is 16.5. The fraction of sp³-hybridized carbons (Fsp3) is 0.176. The average Bonchev–Trinajstić information content (AvgIpc) is 2.84. The number of para-hydroxylation sites is 1. The number of nitrogens with one attached hydrogen (secondary N) is 1. The van der Waals surface area contributed by atoms with E-state index >= 15 is 0 Å². The highest BCUT2D eigenvalue weighted by Gasteiger charge is 2.22. The Hall–Kier alpha value is -2.62. The number of nitrogens with zero attached hydrogens (tertiary/aromatic N) is 1. The number of H-pyrrole nitrogens is 1. The van der Waals surface area contributed by atoms with E-state index in [2.05, 4.69) is 11.6 Å². The lowest BCUT2D eigenvalue weighted by molar-refractivity contribution is -0.688. The van der Waals surface area contributed by atoms with Crippen LogP contribution in [0.3, 0.4) is 0 Å². The summed E-state index contributed by atoms with van der Waals surface area (Å²) >= 11 is 0. The monoisotopic (exact) mass is 281 g/mol. The summed E-state index contributed by atoms with van der Waals surface area (Å²) in [6.45, 7) is 6.46. The lowest BCUT2D eigenvalue weighted by atomic mass is 10.1. The maximum Gasteiger partial charge on any atom is 0.403 e. The number of benzene rings is 1. The number of ether oxygens (including phenoxy) is 1. The minimum Gasteiger partial charge on any atom is -0.458 e. The molecule has 1 N–H and O–H groups in total. The third-order valence-corrected chi connectivity index (χ3v) is 3.46. The first-order valence-electron chi connectivity index (χ1n) is 6.96. The van der Waals surface area contributed by atoms with Crippen molar-refractivity contribution < 1.29 is 14.1 Å². The van der Waals surface area contributed by atoms with Crippen LogP contribution in [0.2, 0.25) is 0 Å². The molecule has 4 heteroatoms. The molecule has 0 aliphatic heterocycles. The summed E-state index contributed by atoms with van der Waals surface area (Å²) in [5.74, 6) is -0.313. The van der Waals surface area contributed by atoms with Gasteiger partial charge in [0, 0.05) is 22.4 Å². The van der Waals surface area contributed by atoms with Crippen molar-refractivity contribution in [2.75, 3.05) is 6.61 Å². The van der Waals surface area contributed by atoms with Gasteiger partial charge in [-0.2, -0.15) is 4.57 Å². The van der Waals surface area contributed by atoms with E-state index < -0.39 is 0 Å². The number of hydrogen-bond donors (Lipinski definition) is 1. The minimum atomic E-state index is -0.313. The number of hydrogen-bond acceptors (Lipinski definition) is 2. The number of fused-ring (bicyclic) bond motifs is 3. The van der Waals surface area contributed by atoms with Crippen LogP contribution in [0, 0.1) is 0 Å². The Kier molecular flexibility index (Phi) is 3.44. The molecule has 3 aromatic rings. The lowest BCUT2D eigenvalue weighted by Gasteiger charge is -2.02. The molecule has 0 aliphatic carbocycles. The molecule has 2 heterocycles. The topological polar surface area (TPSA) is 46.0 Å². The Morgan fingerprint density at radius 2 is 2.14 bits per heavy atom. The van der Waals surface area contributed by atoms with Gasteiger partial charge in [0.25, 0.3) is 5.69 Å². The third kappa shape index (κ3) is 2.29. The molecule has 0 radical (unpaired) electrons. The van der Waals surface area contributed by atoms with Crippen LogP contribution in [0.25, 0.3) is 21.8 Å². The molecular formula is C17H17N2O2+. The summed E-state index contributed by atoms with van der Waals surface area (Å²) < 4.78 is 7.00. The molecule has 4 nitrogen and oxygen atoms in total. The van der Waals surface area contributed by atoms with Gasteiger partial charge in [0.1, 0.15) is 5.52 Å². The number of allylic oxidation sites excluding steroid dienone is 1. The van der Waals surface area contributed by atoms with Gasteiger partial charge in [0.05, 0.1) is 6.61 Å². The third-order valence-electron chi connectivity index (χ3n) is 3.46. The summed E-state index contributed by atoms with van der Waals surface area (Å²) in [6.07, 6.45) is 3.69. The molecule has 0 aliphatic rings. The quantitative estimate of drug-likeness (QED) is 0.454. The molecule has 0 saturated carbocycles. The number of carbonyl (C=O) groups excluding carboxylic acids is 1. The summed E-state index contributed by atoms with van der Waals surface area (Å²) in [7, 11) is 0. The largest absolute Gasteiger partial charge is 0.458 e. The van der Waals surface area contributed by atoms with Gasteiger partial charge in [-0.3, -0.25) is 0 Å². The van der Waals surface area contributed by atoms with Gasteiger partial charge in [-0.15, -0.1) is 0 Å². The fourth-order valence-corrected chi connectivity index (χ4v) is 2.56. The predicted molar refractivity (Wildman–Crippen MR) is 82.2 cm³/mol. The van der Waals surface area contributed by atoms with Crippen molar-refractivity contribution >= 4 is 27.8 Å². The van der Waals surface area contributed by atoms with Crippen molar-refractivity contribution in [1.82, 2.24) is 4.98 Å². The molecule has 1 aromatic carbocycles. The van der Waals surface area contributed by atoms with Gasteiger partial charge >= 0.3 is 5.97 Å². The van der Waals surface area contributed by atoms with Crippen LogP contribution in [0.15, 0.2) is 49.2 Å². The Balaban J connectivity index is 2.27. The first kappa shape index (κ1) is 13.4. The Morgan fingerprint density at radius 3 is 2.90 bits per heavy atom. The molecule has 0 spiro atoms. The zero-order valence-corrected chi connectivity index (χ0v) is 11.9. The molecule has 0 atom stereocenters. The predicted octanol–water partition coefficient (Wildman–Crippen LogP) is 2.97. The van der Waals surface area contributed by atoms with Gasteiger partial charge in [0.15, 0.2) is 12.7 Å². The van der Waals surface area contributed by atoms with Crippen LogP contribution in [0.5, 0.6) is 0 Å². The van der Waals surface area contributed by atoms with Crippen LogP contribution in [0.1, 0.15) is 17.4 Å². The van der Waals surface area contributed by atoms with Gasteiger partial charge in [-0.05, 0) is 19.1 Å². The highest BCUT2D eigenvalue weighted by molar-refractivity contribution is 6.08. The van der Waals surface area contributed by atoms with Crippen molar-refractivity contribution in [1.29, 1.82) is 0 Å². The van der Waals surface area contributed by atoms with Crippen LogP contribution in [0.4, 0.5) is 0 Å². The van der Waals surface area contributed by atoms with E-state index in [1.807, 2.05) is 41.1 Å². The molecule has 21 heavy (non-hydrogen) atoms. The standard InChI is InChI=1S/C17H16N2O2/c1-3-9-19-11-15-13(10-16(19)17(20)21-4-2)12-7-5-6-8-14(12)18-15/h3,5-8,10-11H,1,4,9H2,2H3/p+1. The second-order valence-corrected chi connectivity index (χ2v) is 4.82. The number of aromatic amines is 1. The molecule has 0 bridgehead atoms. The average molecular weight is 281 g/mol. The number of rotatable bonds is 4. The van der Waals surface area contributed by atoms with E-state index in [4.69, 9.17) is 4.74 Å². The Bertz CT molecular complexity index is 833. The van der Waals surface area contributed by atoms with Crippen LogP contribution in [-0.2, 0) is 11.3 Å². The molecule has 2 aromatic heterocycles. The molecule has 3 rings (SSSR count). The van der Waals surface area contributed by atoms with Gasteiger partial charge in [-0.1, -0.05) is 24.8 Å². The van der Waals surface area contributed by atoms with Gasteiger partial charge in [-0.25, -0.2) is 4.79 Å². The summed E-state index contributed by atoms with van der Waals surface area (Å²) in [5, 5.41) is 2.12. The van der Waals surface area contributed by atoms with Crippen LogP contribution >= 0.6 is 0 Å². The zero-order chi connectivity index (χ0) is 14.8. The summed E-state index contributed by atoms with van der Waals surface area (Å²) in [5.41, 5.74) is 2.58. The first-order valence-corrected chi connectivity index (χ1v) is 6.96. The maximum atomic E-state index is 12.2. The molecule has 0 saturated heterocycles. The second kappa shape index (κ2) is 5.40. The molecule has 0 unspecified atom stereocenters. The lowest BCUT2D eigenvalue weighted by Crippen LogP contribution is -2.40. The normalized spacial score (nSPS) is 10.9. The number of pyridine rings is 1. The van der Waals surface area contributed by atoms with E-state index in [9.17, 15) is 4.79 Å². The first-order chi connectivity index (χ1) is 10.2. The van der Waals surface area contributed by atoms with Crippen molar-refractivity contribution in [2.45, 2.75) is 13.5 Å².